The molecule has 2 rings (SSSR count). The van der Waals surface area contributed by atoms with Crippen molar-refractivity contribution in [1.82, 2.24) is 4.90 Å². The Hall–Kier alpha value is 0.160. The van der Waals surface area contributed by atoms with Gasteiger partial charge in [-0.3, -0.25) is 4.90 Å². The van der Waals surface area contributed by atoms with Crippen LogP contribution in [0.4, 0.5) is 0 Å². The van der Waals surface area contributed by atoms with E-state index in [1.54, 1.807) is 0 Å². The van der Waals surface area contributed by atoms with Gasteiger partial charge in [-0.25, -0.2) is 0 Å². The van der Waals surface area contributed by atoms with Crippen LogP contribution in [0.5, 0.6) is 0 Å². The van der Waals surface area contributed by atoms with Crippen LogP contribution in [0.15, 0.2) is 19.6 Å². The second-order valence-corrected chi connectivity index (χ2v) is 6.30. The van der Waals surface area contributed by atoms with Gasteiger partial charge in [0.25, 0.3) is 0 Å². The zero-order valence-corrected chi connectivity index (χ0v) is 13.1. The Balaban J connectivity index is 2.05. The maximum Gasteiger partial charge on any atom is 0.183 e. The van der Waals surface area contributed by atoms with Gasteiger partial charge in [-0.05, 0) is 64.2 Å². The van der Waals surface area contributed by atoms with Crippen molar-refractivity contribution >= 4 is 31.9 Å². The number of hydrogen-bond donors (Lipinski definition) is 1. The molecule has 0 saturated carbocycles. The Bertz CT molecular complexity index is 359. The van der Waals surface area contributed by atoms with Crippen LogP contribution in [-0.2, 0) is 6.54 Å². The molecule has 1 fully saturated rings. The second kappa shape index (κ2) is 5.87. The number of halogens is 2. The third-order valence-electron chi connectivity index (χ3n) is 3.33. The molecule has 5 heteroatoms. The zero-order valence-electron chi connectivity index (χ0n) is 9.96. The van der Waals surface area contributed by atoms with E-state index in [9.17, 15) is 0 Å². The van der Waals surface area contributed by atoms with E-state index in [4.69, 9.17) is 10.2 Å². The molecule has 0 spiro atoms. The van der Waals surface area contributed by atoms with E-state index in [2.05, 4.69) is 43.7 Å². The number of hydrogen-bond acceptors (Lipinski definition) is 3. The summed E-state index contributed by atoms with van der Waals surface area (Å²) in [5.74, 6) is 0.983. The highest BCUT2D eigenvalue weighted by Gasteiger charge is 2.26. The van der Waals surface area contributed by atoms with Crippen LogP contribution in [0.2, 0.25) is 0 Å². The molecule has 1 aromatic heterocycles. The lowest BCUT2D eigenvalue weighted by Gasteiger charge is -2.37. The molecule has 2 N–H and O–H groups in total. The van der Waals surface area contributed by atoms with Crippen molar-refractivity contribution in [2.45, 2.75) is 44.8 Å². The summed E-state index contributed by atoms with van der Waals surface area (Å²) in [6, 6.07) is 2.72. The Morgan fingerprint density at radius 2 is 2.29 bits per heavy atom. The zero-order chi connectivity index (χ0) is 12.4. The first-order chi connectivity index (χ1) is 8.08. The SMILES string of the molecule is CC(N)C1CCCCN1Cc1cc(Br)c(Br)o1. The van der Waals surface area contributed by atoms with Gasteiger partial charge in [-0.1, -0.05) is 6.42 Å². The fraction of sp³-hybridized carbons (Fsp3) is 0.667. The van der Waals surface area contributed by atoms with Crippen molar-refractivity contribution in [2.75, 3.05) is 6.54 Å². The molecule has 96 valence electrons. The summed E-state index contributed by atoms with van der Waals surface area (Å²) in [4.78, 5) is 2.44. The molecule has 1 aliphatic heterocycles. The molecule has 2 atom stereocenters. The number of nitrogens with two attached hydrogens (primary N) is 1. The van der Waals surface area contributed by atoms with Crippen LogP contribution < -0.4 is 5.73 Å². The number of furan rings is 1. The highest BCUT2D eigenvalue weighted by Crippen LogP contribution is 2.29. The minimum Gasteiger partial charge on any atom is -0.452 e. The predicted molar refractivity (Wildman–Crippen MR) is 75.8 cm³/mol. The number of rotatable bonds is 3. The van der Waals surface area contributed by atoms with E-state index in [1.807, 2.05) is 6.07 Å². The summed E-state index contributed by atoms with van der Waals surface area (Å²) in [5, 5.41) is 0. The molecule has 2 unspecified atom stereocenters. The Morgan fingerprint density at radius 1 is 1.53 bits per heavy atom. The third kappa shape index (κ3) is 3.34. The first kappa shape index (κ1) is 13.6. The Morgan fingerprint density at radius 3 is 2.88 bits per heavy atom. The predicted octanol–water partition coefficient (Wildman–Crippen LogP) is 3.51. The third-order valence-corrected chi connectivity index (χ3v) is 5.04. The van der Waals surface area contributed by atoms with Crippen molar-refractivity contribution in [3.05, 3.63) is 21.0 Å². The number of likely N-dealkylation sites (tertiary alicyclic amines) is 1. The molecule has 0 bridgehead atoms. The van der Waals surface area contributed by atoms with Gasteiger partial charge in [0, 0.05) is 12.1 Å². The van der Waals surface area contributed by atoms with Gasteiger partial charge in [0.15, 0.2) is 4.67 Å². The maximum atomic E-state index is 6.06. The Kier molecular flexibility index (Phi) is 4.69. The first-order valence-corrected chi connectivity index (χ1v) is 7.60. The molecular weight excluding hydrogens is 348 g/mol. The largest absolute Gasteiger partial charge is 0.452 e. The van der Waals surface area contributed by atoms with Crippen molar-refractivity contribution in [3.63, 3.8) is 0 Å². The number of nitrogens with zero attached hydrogens (tertiary/aromatic N) is 1. The minimum atomic E-state index is 0.220. The summed E-state index contributed by atoms with van der Waals surface area (Å²) in [6.07, 6.45) is 3.74. The summed E-state index contributed by atoms with van der Waals surface area (Å²) in [5.41, 5.74) is 6.06. The summed E-state index contributed by atoms with van der Waals surface area (Å²) < 4.78 is 7.37. The highest BCUT2D eigenvalue weighted by molar-refractivity contribution is 9.13. The van der Waals surface area contributed by atoms with E-state index in [1.165, 1.54) is 19.3 Å². The van der Waals surface area contributed by atoms with Crippen LogP contribution in [0, 0.1) is 0 Å². The fourth-order valence-corrected chi connectivity index (χ4v) is 3.14. The lowest BCUT2D eigenvalue weighted by molar-refractivity contribution is 0.114. The van der Waals surface area contributed by atoms with Crippen molar-refractivity contribution in [1.29, 1.82) is 0 Å². The molecular formula is C12H18Br2N2O. The van der Waals surface area contributed by atoms with E-state index < -0.39 is 0 Å². The van der Waals surface area contributed by atoms with Crippen LogP contribution in [0.25, 0.3) is 0 Å². The fourth-order valence-electron chi connectivity index (χ4n) is 2.48. The van der Waals surface area contributed by atoms with Crippen LogP contribution >= 0.6 is 31.9 Å². The van der Waals surface area contributed by atoms with E-state index in [0.29, 0.717) is 6.04 Å². The molecule has 17 heavy (non-hydrogen) atoms. The summed E-state index contributed by atoms with van der Waals surface area (Å²) in [7, 11) is 0. The molecule has 2 heterocycles. The number of piperidine rings is 1. The highest BCUT2D eigenvalue weighted by atomic mass is 79.9. The van der Waals surface area contributed by atoms with Gasteiger partial charge in [-0.15, -0.1) is 0 Å². The van der Waals surface area contributed by atoms with Crippen molar-refractivity contribution in [2.24, 2.45) is 5.73 Å². The first-order valence-electron chi connectivity index (χ1n) is 6.01. The topological polar surface area (TPSA) is 42.4 Å². The van der Waals surface area contributed by atoms with Crippen LogP contribution in [0.3, 0.4) is 0 Å². The molecule has 0 radical (unpaired) electrons. The van der Waals surface area contributed by atoms with Crippen LogP contribution in [0.1, 0.15) is 31.9 Å². The minimum absolute atomic E-state index is 0.220. The standard InChI is InChI=1S/C12H18Br2N2O/c1-8(15)11-4-2-3-5-16(11)7-9-6-10(13)12(14)17-9/h6,8,11H,2-5,7,15H2,1H3. The van der Waals surface area contributed by atoms with Gasteiger partial charge < -0.3 is 10.2 Å². The quantitative estimate of drug-likeness (QED) is 0.891. The molecule has 0 aliphatic carbocycles. The van der Waals surface area contributed by atoms with Crippen LogP contribution in [-0.4, -0.2) is 23.5 Å². The van der Waals surface area contributed by atoms with Gasteiger partial charge in [-0.2, -0.15) is 0 Å². The Labute approximate surface area is 119 Å². The van der Waals surface area contributed by atoms with E-state index in [-0.39, 0.29) is 6.04 Å². The van der Waals surface area contributed by atoms with E-state index >= 15 is 0 Å². The van der Waals surface area contributed by atoms with Gasteiger partial charge in [0.05, 0.1) is 11.0 Å². The molecule has 3 nitrogen and oxygen atoms in total. The average Bonchev–Trinajstić information content (AvgIpc) is 2.58. The molecule has 0 amide bonds. The molecule has 1 aromatic rings. The van der Waals surface area contributed by atoms with E-state index in [0.717, 1.165) is 28.0 Å². The molecule has 1 aliphatic rings. The molecule has 0 aromatic carbocycles. The van der Waals surface area contributed by atoms with Gasteiger partial charge in [0.2, 0.25) is 0 Å². The lowest BCUT2D eigenvalue weighted by atomic mass is 9.97. The van der Waals surface area contributed by atoms with Crippen molar-refractivity contribution < 1.29 is 4.42 Å². The van der Waals surface area contributed by atoms with Crippen molar-refractivity contribution in [3.8, 4) is 0 Å². The smallest absolute Gasteiger partial charge is 0.183 e. The van der Waals surface area contributed by atoms with Gasteiger partial charge in [0.1, 0.15) is 5.76 Å². The van der Waals surface area contributed by atoms with Gasteiger partial charge >= 0.3 is 0 Å². The maximum absolute atomic E-state index is 6.06. The summed E-state index contributed by atoms with van der Waals surface area (Å²) >= 11 is 6.81. The average molecular weight is 366 g/mol. The normalized spacial score (nSPS) is 23.9. The lowest BCUT2D eigenvalue weighted by Crippen LogP contribution is -2.48. The second-order valence-electron chi connectivity index (χ2n) is 4.73. The monoisotopic (exact) mass is 364 g/mol. The summed E-state index contributed by atoms with van der Waals surface area (Å²) in [6.45, 7) is 4.05. The molecule has 1 saturated heterocycles.